The molecule has 19 heavy (non-hydrogen) atoms. The van der Waals surface area contributed by atoms with Gasteiger partial charge in [-0.3, -0.25) is 0 Å². The summed E-state index contributed by atoms with van der Waals surface area (Å²) in [5, 5.41) is 6.89. The molecule has 0 atom stereocenters. The van der Waals surface area contributed by atoms with E-state index < -0.39 is 0 Å². The quantitative estimate of drug-likeness (QED) is 0.734. The molecule has 1 saturated carbocycles. The number of fused-ring (bicyclic) bond motifs is 1. The minimum atomic E-state index is 0.836. The van der Waals surface area contributed by atoms with Crippen molar-refractivity contribution >= 4 is 0 Å². The zero-order valence-electron chi connectivity index (χ0n) is 11.6. The first kappa shape index (κ1) is 13.1. The zero-order valence-corrected chi connectivity index (χ0v) is 11.6. The zero-order chi connectivity index (χ0) is 12.9. The van der Waals surface area contributed by atoms with Gasteiger partial charge >= 0.3 is 0 Å². The molecule has 1 fully saturated rings. The molecule has 1 aliphatic carbocycles. The predicted molar refractivity (Wildman–Crippen MR) is 77.1 cm³/mol. The summed E-state index contributed by atoms with van der Waals surface area (Å²) in [6.07, 6.45) is 3.91. The number of hydrogen-bond donors (Lipinski definition) is 2. The minimum Gasteiger partial charge on any atom is -0.380 e. The monoisotopic (exact) mass is 260 g/mol. The molecular weight excluding hydrogens is 236 g/mol. The van der Waals surface area contributed by atoms with E-state index in [0.29, 0.717) is 0 Å². The van der Waals surface area contributed by atoms with Crippen LogP contribution in [0.5, 0.6) is 0 Å². The van der Waals surface area contributed by atoms with E-state index in [4.69, 9.17) is 4.74 Å². The molecule has 1 heterocycles. The summed E-state index contributed by atoms with van der Waals surface area (Å²) in [5.41, 5.74) is 4.36. The Morgan fingerprint density at radius 2 is 2.21 bits per heavy atom. The lowest BCUT2D eigenvalue weighted by molar-refractivity contribution is 0.126. The first-order valence-corrected chi connectivity index (χ1v) is 7.52. The highest BCUT2D eigenvalue weighted by Gasteiger charge is 2.20. The first-order chi connectivity index (χ1) is 9.42. The van der Waals surface area contributed by atoms with Gasteiger partial charge in [-0.15, -0.1) is 0 Å². The van der Waals surface area contributed by atoms with Crippen LogP contribution >= 0.6 is 0 Å². The van der Waals surface area contributed by atoms with Crippen molar-refractivity contribution in [2.24, 2.45) is 5.92 Å². The van der Waals surface area contributed by atoms with Crippen LogP contribution in [0.15, 0.2) is 18.2 Å². The van der Waals surface area contributed by atoms with Crippen LogP contribution in [0.1, 0.15) is 29.5 Å². The Bertz CT molecular complexity index is 415. The topological polar surface area (TPSA) is 33.3 Å². The van der Waals surface area contributed by atoms with Crippen LogP contribution < -0.4 is 10.6 Å². The van der Waals surface area contributed by atoms with E-state index in [1.807, 2.05) is 0 Å². The van der Waals surface area contributed by atoms with Gasteiger partial charge < -0.3 is 15.4 Å². The van der Waals surface area contributed by atoms with Gasteiger partial charge in [0.1, 0.15) is 0 Å². The molecule has 0 spiro atoms. The van der Waals surface area contributed by atoms with E-state index in [1.54, 1.807) is 0 Å². The molecule has 2 aliphatic rings. The Labute approximate surface area is 115 Å². The SMILES string of the molecule is c1cc2c(cc1CNCCOCC1CC1)CNCC2. The summed E-state index contributed by atoms with van der Waals surface area (Å²) in [6.45, 7) is 5.83. The number of ether oxygens (including phenoxy) is 1. The van der Waals surface area contributed by atoms with Gasteiger partial charge in [-0.2, -0.15) is 0 Å². The Hall–Kier alpha value is -0.900. The van der Waals surface area contributed by atoms with Gasteiger partial charge in [-0.1, -0.05) is 18.2 Å². The van der Waals surface area contributed by atoms with E-state index in [9.17, 15) is 0 Å². The van der Waals surface area contributed by atoms with Gasteiger partial charge in [0.15, 0.2) is 0 Å². The van der Waals surface area contributed by atoms with Gasteiger partial charge in [0.25, 0.3) is 0 Å². The molecule has 0 radical (unpaired) electrons. The van der Waals surface area contributed by atoms with Crippen LogP contribution in [0.4, 0.5) is 0 Å². The molecule has 0 unspecified atom stereocenters. The molecule has 3 nitrogen and oxygen atoms in total. The molecule has 0 aromatic heterocycles. The highest BCUT2D eigenvalue weighted by Crippen LogP contribution is 2.28. The fourth-order valence-corrected chi connectivity index (χ4v) is 2.56. The molecule has 2 N–H and O–H groups in total. The number of rotatable bonds is 7. The average molecular weight is 260 g/mol. The van der Waals surface area contributed by atoms with Crippen molar-refractivity contribution in [1.82, 2.24) is 10.6 Å². The van der Waals surface area contributed by atoms with Crippen LogP contribution in [-0.2, 0) is 24.2 Å². The largest absolute Gasteiger partial charge is 0.380 e. The minimum absolute atomic E-state index is 0.836. The van der Waals surface area contributed by atoms with Crippen LogP contribution in [0, 0.1) is 5.92 Å². The van der Waals surface area contributed by atoms with Gasteiger partial charge in [-0.25, -0.2) is 0 Å². The molecule has 3 rings (SSSR count). The van der Waals surface area contributed by atoms with E-state index >= 15 is 0 Å². The van der Waals surface area contributed by atoms with Crippen molar-refractivity contribution in [1.29, 1.82) is 0 Å². The summed E-state index contributed by atoms with van der Waals surface area (Å²) >= 11 is 0. The van der Waals surface area contributed by atoms with E-state index in [1.165, 1.54) is 29.5 Å². The standard InChI is InChI=1S/C16H24N2O/c1-2-13(1)12-19-8-7-18-10-14-3-4-15-5-6-17-11-16(15)9-14/h3-4,9,13,17-18H,1-2,5-8,10-12H2. The Balaban J connectivity index is 1.37. The maximum absolute atomic E-state index is 5.61. The second kappa shape index (κ2) is 6.51. The lowest BCUT2D eigenvalue weighted by Crippen LogP contribution is -2.24. The van der Waals surface area contributed by atoms with E-state index in [2.05, 4.69) is 28.8 Å². The van der Waals surface area contributed by atoms with Crippen LogP contribution in [-0.4, -0.2) is 26.3 Å². The highest BCUT2D eigenvalue weighted by molar-refractivity contribution is 5.33. The maximum Gasteiger partial charge on any atom is 0.0591 e. The number of benzene rings is 1. The van der Waals surface area contributed by atoms with Crippen LogP contribution in [0.25, 0.3) is 0 Å². The fraction of sp³-hybridized carbons (Fsp3) is 0.625. The average Bonchev–Trinajstić information content (AvgIpc) is 3.27. The van der Waals surface area contributed by atoms with Crippen molar-refractivity contribution < 1.29 is 4.74 Å². The van der Waals surface area contributed by atoms with Crippen LogP contribution in [0.2, 0.25) is 0 Å². The van der Waals surface area contributed by atoms with Crippen molar-refractivity contribution in [3.05, 3.63) is 34.9 Å². The van der Waals surface area contributed by atoms with Crippen molar-refractivity contribution in [3.8, 4) is 0 Å². The van der Waals surface area contributed by atoms with Crippen molar-refractivity contribution in [2.45, 2.75) is 32.4 Å². The molecule has 3 heteroatoms. The summed E-state index contributed by atoms with van der Waals surface area (Å²) in [6, 6.07) is 6.87. The molecule has 1 aromatic rings. The highest BCUT2D eigenvalue weighted by atomic mass is 16.5. The first-order valence-electron chi connectivity index (χ1n) is 7.52. The molecular formula is C16H24N2O. The van der Waals surface area contributed by atoms with Crippen molar-refractivity contribution in [2.75, 3.05) is 26.3 Å². The Morgan fingerprint density at radius 3 is 3.11 bits per heavy atom. The predicted octanol–water partition coefficient (Wildman–Crippen LogP) is 1.85. The second-order valence-corrected chi connectivity index (χ2v) is 5.72. The smallest absolute Gasteiger partial charge is 0.0591 e. The van der Waals surface area contributed by atoms with Crippen molar-refractivity contribution in [3.63, 3.8) is 0 Å². The lowest BCUT2D eigenvalue weighted by Gasteiger charge is -2.18. The summed E-state index contributed by atoms with van der Waals surface area (Å²) in [5.74, 6) is 0.869. The molecule has 0 saturated heterocycles. The normalized spacial score (nSPS) is 18.3. The summed E-state index contributed by atoms with van der Waals surface area (Å²) < 4.78 is 5.61. The third kappa shape index (κ3) is 4.03. The summed E-state index contributed by atoms with van der Waals surface area (Å²) in [4.78, 5) is 0. The molecule has 104 valence electrons. The van der Waals surface area contributed by atoms with Gasteiger partial charge in [0, 0.05) is 26.2 Å². The number of nitrogens with one attached hydrogen (secondary N) is 2. The second-order valence-electron chi connectivity index (χ2n) is 5.72. The van der Waals surface area contributed by atoms with Gasteiger partial charge in [0.05, 0.1) is 6.61 Å². The van der Waals surface area contributed by atoms with E-state index in [0.717, 1.165) is 51.7 Å². The van der Waals surface area contributed by atoms with Crippen LogP contribution in [0.3, 0.4) is 0 Å². The van der Waals surface area contributed by atoms with Gasteiger partial charge in [0.2, 0.25) is 0 Å². The third-order valence-corrected chi connectivity index (χ3v) is 3.96. The molecule has 0 bridgehead atoms. The lowest BCUT2D eigenvalue weighted by atomic mass is 9.98. The number of hydrogen-bond acceptors (Lipinski definition) is 3. The molecule has 1 aliphatic heterocycles. The maximum atomic E-state index is 5.61. The Kier molecular flexibility index (Phi) is 4.49. The molecule has 1 aromatic carbocycles. The fourth-order valence-electron chi connectivity index (χ4n) is 2.56. The third-order valence-electron chi connectivity index (χ3n) is 3.96. The van der Waals surface area contributed by atoms with Gasteiger partial charge in [-0.05, 0) is 48.4 Å². The molecule has 0 amide bonds. The summed E-state index contributed by atoms with van der Waals surface area (Å²) in [7, 11) is 0. The Morgan fingerprint density at radius 1 is 1.26 bits per heavy atom. The van der Waals surface area contributed by atoms with E-state index in [-0.39, 0.29) is 0 Å².